The summed E-state index contributed by atoms with van der Waals surface area (Å²) in [5.41, 5.74) is 1.03. The number of carbonyl (C=O) groups excluding carboxylic acids is 1. The van der Waals surface area contributed by atoms with Crippen LogP contribution in [-0.4, -0.2) is 53.5 Å². The van der Waals surface area contributed by atoms with E-state index in [9.17, 15) is 9.18 Å². The van der Waals surface area contributed by atoms with Crippen molar-refractivity contribution in [1.29, 1.82) is 0 Å². The highest BCUT2D eigenvalue weighted by Crippen LogP contribution is 2.21. The van der Waals surface area contributed by atoms with Gasteiger partial charge in [-0.25, -0.2) is 4.39 Å². The third-order valence-electron chi connectivity index (χ3n) is 4.09. The summed E-state index contributed by atoms with van der Waals surface area (Å²) in [7, 11) is 0. The first-order valence-electron chi connectivity index (χ1n) is 8.10. The smallest absolute Gasteiger partial charge is 0.260 e. The molecule has 0 spiro atoms. The van der Waals surface area contributed by atoms with E-state index < -0.39 is 5.82 Å². The van der Waals surface area contributed by atoms with E-state index in [0.29, 0.717) is 18.8 Å². The Kier molecular flexibility index (Phi) is 5.83. The van der Waals surface area contributed by atoms with E-state index in [2.05, 4.69) is 9.88 Å². The van der Waals surface area contributed by atoms with E-state index in [-0.39, 0.29) is 17.5 Å². The highest BCUT2D eigenvalue weighted by atomic mass is 35.5. The molecule has 1 aromatic heterocycles. The van der Waals surface area contributed by atoms with Crippen molar-refractivity contribution in [3.63, 3.8) is 0 Å². The minimum Gasteiger partial charge on any atom is -0.484 e. The molecule has 0 bridgehead atoms. The first kappa shape index (κ1) is 17.6. The van der Waals surface area contributed by atoms with Gasteiger partial charge in [0, 0.05) is 45.0 Å². The van der Waals surface area contributed by atoms with Crippen molar-refractivity contribution in [3.05, 3.63) is 59.1 Å². The molecule has 1 aliphatic rings. The monoisotopic (exact) mass is 363 g/mol. The summed E-state index contributed by atoms with van der Waals surface area (Å²) < 4.78 is 18.5. The lowest BCUT2D eigenvalue weighted by Gasteiger charge is -2.34. The number of pyridine rings is 1. The van der Waals surface area contributed by atoms with Crippen molar-refractivity contribution in [1.82, 2.24) is 14.8 Å². The van der Waals surface area contributed by atoms with Crippen LogP contribution in [0.4, 0.5) is 4.39 Å². The summed E-state index contributed by atoms with van der Waals surface area (Å²) in [6.45, 7) is 3.60. The third kappa shape index (κ3) is 4.90. The second-order valence-corrected chi connectivity index (χ2v) is 6.25. The molecule has 1 saturated heterocycles. The number of nitrogens with zero attached hydrogens (tertiary/aromatic N) is 3. The van der Waals surface area contributed by atoms with Crippen molar-refractivity contribution >= 4 is 17.5 Å². The number of aromatic nitrogens is 1. The Morgan fingerprint density at radius 3 is 2.68 bits per heavy atom. The fraction of sp³-hybridized carbons (Fsp3) is 0.333. The van der Waals surface area contributed by atoms with Gasteiger partial charge in [-0.2, -0.15) is 0 Å². The summed E-state index contributed by atoms with van der Waals surface area (Å²) >= 11 is 5.70. The van der Waals surface area contributed by atoms with Gasteiger partial charge in [-0.05, 0) is 24.3 Å². The lowest BCUT2D eigenvalue weighted by molar-refractivity contribution is -0.135. The minimum absolute atomic E-state index is 0.0203. The average Bonchev–Trinajstić information content (AvgIpc) is 2.64. The largest absolute Gasteiger partial charge is 0.484 e. The number of benzene rings is 1. The zero-order chi connectivity index (χ0) is 17.6. The molecule has 0 unspecified atom stereocenters. The van der Waals surface area contributed by atoms with Crippen molar-refractivity contribution in [2.24, 2.45) is 0 Å². The van der Waals surface area contributed by atoms with Crippen molar-refractivity contribution < 1.29 is 13.9 Å². The summed E-state index contributed by atoms with van der Waals surface area (Å²) in [5.74, 6) is -0.212. The summed E-state index contributed by atoms with van der Waals surface area (Å²) in [6, 6.07) is 9.92. The van der Waals surface area contributed by atoms with Gasteiger partial charge in [0.15, 0.2) is 6.61 Å². The fourth-order valence-corrected chi connectivity index (χ4v) is 2.85. The summed E-state index contributed by atoms with van der Waals surface area (Å²) in [4.78, 5) is 20.6. The van der Waals surface area contributed by atoms with Crippen LogP contribution in [0.15, 0.2) is 42.6 Å². The Labute approximate surface area is 151 Å². The maximum absolute atomic E-state index is 13.1. The molecule has 0 aliphatic carbocycles. The molecule has 0 atom stereocenters. The van der Waals surface area contributed by atoms with Crippen LogP contribution in [0, 0.1) is 5.82 Å². The van der Waals surface area contributed by atoms with Crippen LogP contribution in [0.1, 0.15) is 5.69 Å². The number of piperazine rings is 1. The maximum atomic E-state index is 13.1. The van der Waals surface area contributed by atoms with Gasteiger partial charge in [0.05, 0.1) is 10.7 Å². The van der Waals surface area contributed by atoms with E-state index in [1.807, 2.05) is 18.2 Å². The van der Waals surface area contributed by atoms with E-state index >= 15 is 0 Å². The topological polar surface area (TPSA) is 45.7 Å². The van der Waals surface area contributed by atoms with Gasteiger partial charge in [-0.1, -0.05) is 17.7 Å². The van der Waals surface area contributed by atoms with Gasteiger partial charge in [-0.15, -0.1) is 0 Å². The molecule has 0 radical (unpaired) electrons. The van der Waals surface area contributed by atoms with E-state index in [1.54, 1.807) is 11.1 Å². The predicted molar refractivity (Wildman–Crippen MR) is 93.0 cm³/mol. The number of carbonyl (C=O) groups is 1. The van der Waals surface area contributed by atoms with E-state index in [0.717, 1.165) is 25.3 Å². The Morgan fingerprint density at radius 2 is 2.00 bits per heavy atom. The fourth-order valence-electron chi connectivity index (χ4n) is 2.68. The molecule has 7 heteroatoms. The van der Waals surface area contributed by atoms with Crippen LogP contribution in [0.2, 0.25) is 5.02 Å². The summed E-state index contributed by atoms with van der Waals surface area (Å²) in [5, 5.41) is -0.0203. The normalized spacial score (nSPS) is 15.2. The first-order chi connectivity index (χ1) is 12.1. The number of ether oxygens (including phenoxy) is 1. The van der Waals surface area contributed by atoms with Crippen LogP contribution in [0.25, 0.3) is 0 Å². The standard InChI is InChI=1S/C18H19ClFN3O2/c19-16-11-15(4-5-17(16)20)25-13-18(24)23-9-7-22(8-10-23)12-14-3-1-2-6-21-14/h1-6,11H,7-10,12-13H2. The van der Waals surface area contributed by atoms with Gasteiger partial charge in [0.2, 0.25) is 0 Å². The molecule has 2 aromatic rings. The zero-order valence-electron chi connectivity index (χ0n) is 13.7. The quantitative estimate of drug-likeness (QED) is 0.819. The molecular weight excluding hydrogens is 345 g/mol. The zero-order valence-corrected chi connectivity index (χ0v) is 14.5. The van der Waals surface area contributed by atoms with Crippen LogP contribution >= 0.6 is 11.6 Å². The second-order valence-electron chi connectivity index (χ2n) is 5.84. The Bertz CT molecular complexity index is 722. The number of hydrogen-bond donors (Lipinski definition) is 0. The molecule has 3 rings (SSSR count). The van der Waals surface area contributed by atoms with Crippen molar-refractivity contribution in [2.45, 2.75) is 6.54 Å². The average molecular weight is 364 g/mol. The molecule has 0 N–H and O–H groups in total. The van der Waals surface area contributed by atoms with E-state index in [4.69, 9.17) is 16.3 Å². The minimum atomic E-state index is -0.510. The van der Waals surface area contributed by atoms with Crippen LogP contribution in [0.5, 0.6) is 5.75 Å². The van der Waals surface area contributed by atoms with Crippen LogP contribution < -0.4 is 4.74 Å². The SMILES string of the molecule is O=C(COc1ccc(F)c(Cl)c1)N1CCN(Cc2ccccn2)CC1. The molecule has 1 fully saturated rings. The molecule has 132 valence electrons. The lowest BCUT2D eigenvalue weighted by Crippen LogP contribution is -2.49. The van der Waals surface area contributed by atoms with Crippen molar-refractivity contribution in [2.75, 3.05) is 32.8 Å². The molecule has 25 heavy (non-hydrogen) atoms. The Hall–Kier alpha value is -2.18. The Morgan fingerprint density at radius 1 is 1.20 bits per heavy atom. The number of amides is 1. The van der Waals surface area contributed by atoms with Gasteiger partial charge in [0.25, 0.3) is 5.91 Å². The number of rotatable bonds is 5. The van der Waals surface area contributed by atoms with Gasteiger partial charge in [-0.3, -0.25) is 14.7 Å². The van der Waals surface area contributed by atoms with Gasteiger partial charge in [0.1, 0.15) is 11.6 Å². The molecule has 0 saturated carbocycles. The Balaban J connectivity index is 1.44. The molecule has 5 nitrogen and oxygen atoms in total. The highest BCUT2D eigenvalue weighted by Gasteiger charge is 2.21. The number of halogens is 2. The highest BCUT2D eigenvalue weighted by molar-refractivity contribution is 6.30. The van der Waals surface area contributed by atoms with Gasteiger partial charge < -0.3 is 9.64 Å². The van der Waals surface area contributed by atoms with Crippen LogP contribution in [-0.2, 0) is 11.3 Å². The number of hydrogen-bond acceptors (Lipinski definition) is 4. The third-order valence-corrected chi connectivity index (χ3v) is 4.38. The molecule has 1 amide bonds. The van der Waals surface area contributed by atoms with E-state index in [1.165, 1.54) is 18.2 Å². The lowest BCUT2D eigenvalue weighted by atomic mass is 10.2. The molecule has 2 heterocycles. The van der Waals surface area contributed by atoms with Gasteiger partial charge >= 0.3 is 0 Å². The summed E-state index contributed by atoms with van der Waals surface area (Å²) in [6.07, 6.45) is 1.79. The first-order valence-corrected chi connectivity index (χ1v) is 8.47. The molecule has 1 aliphatic heterocycles. The van der Waals surface area contributed by atoms with Crippen molar-refractivity contribution in [3.8, 4) is 5.75 Å². The van der Waals surface area contributed by atoms with Crippen LogP contribution in [0.3, 0.4) is 0 Å². The maximum Gasteiger partial charge on any atom is 0.260 e. The second kappa shape index (κ2) is 8.27. The molecule has 1 aromatic carbocycles. The molecular formula is C18H19ClFN3O2. The predicted octanol–water partition coefficient (Wildman–Crippen LogP) is 2.60.